The van der Waals surface area contributed by atoms with Crippen molar-refractivity contribution >= 4 is 16.7 Å². The smallest absolute Gasteiger partial charge is 0.356 e. The van der Waals surface area contributed by atoms with E-state index in [9.17, 15) is 9.90 Å². The lowest BCUT2D eigenvalue weighted by molar-refractivity contribution is 0.0688. The monoisotopic (exact) mass is 294 g/mol. The molecule has 0 aliphatic carbocycles. The van der Waals surface area contributed by atoms with Crippen molar-refractivity contribution in [2.24, 2.45) is 7.05 Å². The van der Waals surface area contributed by atoms with Gasteiger partial charge in [0.15, 0.2) is 5.69 Å². The molecule has 22 heavy (non-hydrogen) atoms. The van der Waals surface area contributed by atoms with Gasteiger partial charge >= 0.3 is 5.97 Å². The van der Waals surface area contributed by atoms with Gasteiger partial charge in [-0.3, -0.25) is 4.68 Å². The molecule has 5 heteroatoms. The van der Waals surface area contributed by atoms with Gasteiger partial charge in [-0.1, -0.05) is 30.3 Å². The fourth-order valence-electron chi connectivity index (χ4n) is 3.15. The number of carbonyl (C=O) groups is 1. The SMILES string of the molecule is Cn1nc(C(=O)O)c2c1-c1ccc3ccccc3c1OCC2. The van der Waals surface area contributed by atoms with Crippen molar-refractivity contribution in [1.29, 1.82) is 0 Å². The van der Waals surface area contributed by atoms with Gasteiger partial charge in [0.05, 0.1) is 12.3 Å². The number of ether oxygens (including phenoxy) is 1. The van der Waals surface area contributed by atoms with E-state index in [1.165, 1.54) is 0 Å². The Morgan fingerprint density at radius 3 is 2.91 bits per heavy atom. The summed E-state index contributed by atoms with van der Waals surface area (Å²) in [6.07, 6.45) is 0.536. The zero-order valence-electron chi connectivity index (χ0n) is 12.0. The minimum absolute atomic E-state index is 0.113. The third-order valence-corrected chi connectivity index (χ3v) is 4.08. The Balaban J connectivity index is 2.07. The first-order valence-electron chi connectivity index (χ1n) is 7.11. The molecule has 0 unspecified atom stereocenters. The van der Waals surface area contributed by atoms with E-state index in [1.54, 1.807) is 11.7 Å². The molecule has 0 fully saturated rings. The maximum Gasteiger partial charge on any atom is 0.356 e. The molecule has 110 valence electrons. The average Bonchev–Trinajstić information content (AvgIpc) is 2.73. The molecule has 0 spiro atoms. The fraction of sp³-hybridized carbons (Fsp3) is 0.176. The first-order valence-corrected chi connectivity index (χ1v) is 7.11. The molecule has 0 saturated heterocycles. The summed E-state index contributed by atoms with van der Waals surface area (Å²) in [6.45, 7) is 0.444. The maximum atomic E-state index is 11.4. The second-order valence-electron chi connectivity index (χ2n) is 5.37. The third-order valence-electron chi connectivity index (χ3n) is 4.08. The van der Waals surface area contributed by atoms with E-state index in [1.807, 2.05) is 36.4 Å². The van der Waals surface area contributed by atoms with Gasteiger partial charge in [-0.2, -0.15) is 5.10 Å². The summed E-state index contributed by atoms with van der Waals surface area (Å²) in [6, 6.07) is 12.0. The van der Waals surface area contributed by atoms with Gasteiger partial charge < -0.3 is 9.84 Å². The topological polar surface area (TPSA) is 64.4 Å². The number of benzene rings is 2. The molecule has 0 saturated carbocycles. The standard InChI is InChI=1S/C17H14N2O3/c1-19-15-12(14(18-19)17(20)21)8-9-22-16-11-5-3-2-4-10(11)6-7-13(15)16/h2-7H,8-9H2,1H3,(H,20,21). The first kappa shape index (κ1) is 12.9. The Kier molecular flexibility index (Phi) is 2.69. The van der Waals surface area contributed by atoms with Crippen LogP contribution in [0.3, 0.4) is 0 Å². The summed E-state index contributed by atoms with van der Waals surface area (Å²) >= 11 is 0. The highest BCUT2D eigenvalue weighted by Crippen LogP contribution is 2.40. The predicted molar refractivity (Wildman–Crippen MR) is 82.3 cm³/mol. The van der Waals surface area contributed by atoms with Gasteiger partial charge in [-0.15, -0.1) is 0 Å². The molecule has 4 rings (SSSR count). The van der Waals surface area contributed by atoms with Crippen LogP contribution < -0.4 is 4.74 Å². The molecule has 1 aliphatic rings. The van der Waals surface area contributed by atoms with Gasteiger partial charge in [0, 0.05) is 30.0 Å². The minimum atomic E-state index is -0.999. The molecule has 3 aromatic rings. The van der Waals surface area contributed by atoms with Crippen LogP contribution in [-0.2, 0) is 13.5 Å². The van der Waals surface area contributed by atoms with E-state index in [2.05, 4.69) is 5.10 Å². The third kappa shape index (κ3) is 1.72. The van der Waals surface area contributed by atoms with Crippen LogP contribution in [0.1, 0.15) is 16.1 Å². The van der Waals surface area contributed by atoms with Crippen LogP contribution in [0.5, 0.6) is 5.75 Å². The number of nitrogens with zero attached hydrogens (tertiary/aromatic N) is 2. The lowest BCUT2D eigenvalue weighted by Crippen LogP contribution is -2.05. The van der Waals surface area contributed by atoms with Crippen LogP contribution in [-0.4, -0.2) is 27.5 Å². The van der Waals surface area contributed by atoms with E-state index in [4.69, 9.17) is 4.74 Å². The molecule has 0 bridgehead atoms. The van der Waals surface area contributed by atoms with Crippen molar-refractivity contribution in [3.8, 4) is 17.0 Å². The number of aromatic carboxylic acids is 1. The van der Waals surface area contributed by atoms with E-state index in [0.29, 0.717) is 13.0 Å². The van der Waals surface area contributed by atoms with Crippen molar-refractivity contribution in [2.75, 3.05) is 6.61 Å². The Morgan fingerprint density at radius 2 is 2.09 bits per heavy atom. The van der Waals surface area contributed by atoms with Crippen LogP contribution in [0.2, 0.25) is 0 Å². The minimum Gasteiger partial charge on any atom is -0.492 e. The van der Waals surface area contributed by atoms with Crippen molar-refractivity contribution in [1.82, 2.24) is 9.78 Å². The molecule has 0 radical (unpaired) electrons. The highest BCUT2D eigenvalue weighted by molar-refractivity contribution is 5.97. The molecule has 1 aliphatic heterocycles. The summed E-state index contributed by atoms with van der Waals surface area (Å²) < 4.78 is 7.60. The Hall–Kier alpha value is -2.82. The van der Waals surface area contributed by atoms with Crippen LogP contribution in [0.25, 0.3) is 22.0 Å². The highest BCUT2D eigenvalue weighted by Gasteiger charge is 2.27. The Bertz CT molecular complexity index is 912. The summed E-state index contributed by atoms with van der Waals surface area (Å²) in [5.41, 5.74) is 2.58. The molecule has 1 aromatic heterocycles. The number of fused-ring (bicyclic) bond motifs is 5. The Labute approximate surface area is 126 Å². The summed E-state index contributed by atoms with van der Waals surface area (Å²) in [7, 11) is 1.77. The molecule has 2 aromatic carbocycles. The van der Waals surface area contributed by atoms with E-state index >= 15 is 0 Å². The van der Waals surface area contributed by atoms with Crippen LogP contribution in [0.15, 0.2) is 36.4 Å². The number of hydrogen-bond donors (Lipinski definition) is 1. The lowest BCUT2D eigenvalue weighted by atomic mass is 10.00. The van der Waals surface area contributed by atoms with E-state index in [-0.39, 0.29) is 5.69 Å². The van der Waals surface area contributed by atoms with Crippen molar-refractivity contribution < 1.29 is 14.6 Å². The Morgan fingerprint density at radius 1 is 1.27 bits per heavy atom. The van der Waals surface area contributed by atoms with Gasteiger partial charge in [0.2, 0.25) is 0 Å². The average molecular weight is 294 g/mol. The van der Waals surface area contributed by atoms with Crippen molar-refractivity contribution in [3.05, 3.63) is 47.7 Å². The predicted octanol–water partition coefficient (Wildman–Crippen LogP) is 2.87. The fourth-order valence-corrected chi connectivity index (χ4v) is 3.15. The molecule has 0 atom stereocenters. The second-order valence-corrected chi connectivity index (χ2v) is 5.37. The van der Waals surface area contributed by atoms with Gasteiger partial charge in [0.1, 0.15) is 5.75 Å². The van der Waals surface area contributed by atoms with Gasteiger partial charge in [-0.25, -0.2) is 4.79 Å². The van der Waals surface area contributed by atoms with Gasteiger partial charge in [-0.05, 0) is 11.5 Å². The molecule has 1 N–H and O–H groups in total. The molecule has 2 heterocycles. The van der Waals surface area contributed by atoms with E-state index in [0.717, 1.165) is 33.3 Å². The number of carboxylic acid groups (broad SMARTS) is 1. The number of aryl methyl sites for hydroxylation is 1. The van der Waals surface area contributed by atoms with Gasteiger partial charge in [0.25, 0.3) is 0 Å². The van der Waals surface area contributed by atoms with Crippen molar-refractivity contribution in [3.63, 3.8) is 0 Å². The van der Waals surface area contributed by atoms with E-state index < -0.39 is 5.97 Å². The second kappa shape index (κ2) is 4.59. The first-order chi connectivity index (χ1) is 10.7. The number of hydrogen-bond acceptors (Lipinski definition) is 3. The highest BCUT2D eigenvalue weighted by atomic mass is 16.5. The zero-order chi connectivity index (χ0) is 15.3. The number of aromatic nitrogens is 2. The lowest BCUT2D eigenvalue weighted by Gasteiger charge is -2.12. The van der Waals surface area contributed by atoms with Crippen LogP contribution in [0.4, 0.5) is 0 Å². The van der Waals surface area contributed by atoms with Crippen LogP contribution in [0, 0.1) is 0 Å². The molecule has 5 nitrogen and oxygen atoms in total. The summed E-state index contributed by atoms with van der Waals surface area (Å²) in [5.74, 6) is -0.196. The quantitative estimate of drug-likeness (QED) is 0.749. The largest absolute Gasteiger partial charge is 0.492 e. The number of rotatable bonds is 1. The molecule has 0 amide bonds. The summed E-state index contributed by atoms with van der Waals surface area (Å²) in [4.78, 5) is 11.4. The van der Waals surface area contributed by atoms with Crippen molar-refractivity contribution in [2.45, 2.75) is 6.42 Å². The maximum absolute atomic E-state index is 11.4. The normalized spacial score (nSPS) is 13.1. The van der Waals surface area contributed by atoms with Crippen LogP contribution >= 0.6 is 0 Å². The zero-order valence-corrected chi connectivity index (χ0v) is 12.0. The number of carboxylic acids is 1. The molecular formula is C17H14N2O3. The molecular weight excluding hydrogens is 280 g/mol. The summed E-state index contributed by atoms with van der Waals surface area (Å²) in [5, 5.41) is 15.7.